The average Bonchev–Trinajstić information content (AvgIpc) is 3.39. The molecule has 0 N–H and O–H groups in total. The third-order valence-corrected chi connectivity index (χ3v) is 4.68. The number of hydrogen-bond acceptors (Lipinski definition) is 5. The van der Waals surface area contributed by atoms with E-state index in [-0.39, 0.29) is 5.75 Å². The normalized spacial score (nSPS) is 14.4. The minimum absolute atomic E-state index is 0.264. The first-order valence-electron chi connectivity index (χ1n) is 8.24. The number of nitrogens with zero attached hydrogens (tertiary/aromatic N) is 4. The Bertz CT molecular complexity index is 952. The summed E-state index contributed by atoms with van der Waals surface area (Å²) in [5.74, 6) is 0.341. The number of ether oxygens (including phenoxy) is 1. The number of aromatic nitrogens is 4. The van der Waals surface area contributed by atoms with Gasteiger partial charge in [-0.2, -0.15) is 0 Å². The number of benzene rings is 1. The van der Waals surface area contributed by atoms with Crippen molar-refractivity contribution < 1.29 is 17.9 Å². The molecule has 1 aliphatic rings. The Kier molecular flexibility index (Phi) is 4.55. The van der Waals surface area contributed by atoms with Crippen LogP contribution in [0, 0.1) is 0 Å². The van der Waals surface area contributed by atoms with Crippen LogP contribution in [-0.4, -0.2) is 32.1 Å². The van der Waals surface area contributed by atoms with Crippen LogP contribution >= 0.6 is 11.8 Å². The number of hydrogen-bond donors (Lipinski definition) is 0. The van der Waals surface area contributed by atoms with Crippen molar-refractivity contribution in [3.63, 3.8) is 0 Å². The molecule has 1 aliphatic carbocycles. The van der Waals surface area contributed by atoms with Gasteiger partial charge in [-0.05, 0) is 31.2 Å². The van der Waals surface area contributed by atoms with E-state index >= 15 is 0 Å². The van der Waals surface area contributed by atoms with Gasteiger partial charge in [-0.25, -0.2) is 15.0 Å². The van der Waals surface area contributed by atoms with E-state index in [9.17, 15) is 13.2 Å². The van der Waals surface area contributed by atoms with Crippen molar-refractivity contribution in [2.75, 3.05) is 6.26 Å². The summed E-state index contributed by atoms with van der Waals surface area (Å²) in [5, 5.41) is 0.664. The molecule has 0 radical (unpaired) electrons. The minimum atomic E-state index is -4.73. The van der Waals surface area contributed by atoms with Gasteiger partial charge in [0.25, 0.3) is 0 Å². The summed E-state index contributed by atoms with van der Waals surface area (Å²) in [6.07, 6.45) is 4.50. The Labute approximate surface area is 157 Å². The SMILES string of the molecule is CSc1ncc(-c2cn(C3CC3)c(-c3cccc(OC(F)(F)F)c3)n2)cn1. The summed E-state index contributed by atoms with van der Waals surface area (Å²) < 4.78 is 43.6. The van der Waals surface area contributed by atoms with Crippen molar-refractivity contribution in [2.24, 2.45) is 0 Å². The van der Waals surface area contributed by atoms with Crippen LogP contribution in [0.2, 0.25) is 0 Å². The first kappa shape index (κ1) is 17.8. The van der Waals surface area contributed by atoms with Crippen molar-refractivity contribution in [1.82, 2.24) is 19.5 Å². The molecule has 0 atom stereocenters. The van der Waals surface area contributed by atoms with E-state index in [0.29, 0.717) is 28.3 Å². The zero-order chi connectivity index (χ0) is 19.0. The van der Waals surface area contributed by atoms with Crippen molar-refractivity contribution in [2.45, 2.75) is 30.4 Å². The van der Waals surface area contributed by atoms with Gasteiger partial charge in [0.2, 0.25) is 0 Å². The molecule has 0 bridgehead atoms. The van der Waals surface area contributed by atoms with Gasteiger partial charge in [0.15, 0.2) is 5.16 Å². The van der Waals surface area contributed by atoms with Gasteiger partial charge in [0.05, 0.1) is 5.69 Å². The molecule has 1 saturated carbocycles. The third-order valence-electron chi connectivity index (χ3n) is 4.10. The second-order valence-corrected chi connectivity index (χ2v) is 6.90. The van der Waals surface area contributed by atoms with E-state index in [0.717, 1.165) is 18.4 Å². The number of alkyl halides is 3. The van der Waals surface area contributed by atoms with Gasteiger partial charge < -0.3 is 9.30 Å². The van der Waals surface area contributed by atoms with Gasteiger partial charge in [-0.15, -0.1) is 13.2 Å². The molecular formula is C18H15F3N4OS. The molecule has 3 aromatic rings. The molecule has 4 rings (SSSR count). The minimum Gasteiger partial charge on any atom is -0.406 e. The summed E-state index contributed by atoms with van der Waals surface area (Å²) in [6, 6.07) is 6.18. The van der Waals surface area contributed by atoms with Crippen molar-refractivity contribution in [3.8, 4) is 28.4 Å². The molecule has 0 amide bonds. The lowest BCUT2D eigenvalue weighted by Gasteiger charge is -2.10. The summed E-state index contributed by atoms with van der Waals surface area (Å²) in [6.45, 7) is 0. The molecule has 140 valence electrons. The summed E-state index contributed by atoms with van der Waals surface area (Å²) in [4.78, 5) is 13.2. The largest absolute Gasteiger partial charge is 0.573 e. The van der Waals surface area contributed by atoms with Gasteiger partial charge >= 0.3 is 6.36 Å². The molecule has 1 aromatic carbocycles. The van der Waals surface area contributed by atoms with Crippen LogP contribution in [0.4, 0.5) is 13.2 Å². The first-order chi connectivity index (χ1) is 12.9. The van der Waals surface area contributed by atoms with Gasteiger partial charge in [0.1, 0.15) is 11.6 Å². The van der Waals surface area contributed by atoms with Crippen molar-refractivity contribution >= 4 is 11.8 Å². The van der Waals surface area contributed by atoms with Crippen molar-refractivity contribution in [3.05, 3.63) is 42.9 Å². The fraction of sp³-hybridized carbons (Fsp3) is 0.278. The topological polar surface area (TPSA) is 52.8 Å². The van der Waals surface area contributed by atoms with E-state index in [1.54, 1.807) is 18.5 Å². The summed E-state index contributed by atoms with van der Waals surface area (Å²) >= 11 is 1.45. The maximum Gasteiger partial charge on any atom is 0.573 e. The monoisotopic (exact) mass is 392 g/mol. The summed E-state index contributed by atoms with van der Waals surface area (Å²) in [5.41, 5.74) is 2.01. The Morgan fingerprint density at radius 1 is 1.15 bits per heavy atom. The van der Waals surface area contributed by atoms with Crippen LogP contribution in [-0.2, 0) is 0 Å². The highest BCUT2D eigenvalue weighted by Crippen LogP contribution is 2.40. The fourth-order valence-electron chi connectivity index (χ4n) is 2.76. The zero-order valence-electron chi connectivity index (χ0n) is 14.3. The Balaban J connectivity index is 1.72. The highest BCUT2D eigenvalue weighted by atomic mass is 32.2. The average molecular weight is 392 g/mol. The zero-order valence-corrected chi connectivity index (χ0v) is 15.1. The van der Waals surface area contributed by atoms with E-state index in [1.165, 1.54) is 30.0 Å². The highest BCUT2D eigenvalue weighted by molar-refractivity contribution is 7.98. The molecule has 2 aromatic heterocycles. The van der Waals surface area contributed by atoms with Crippen LogP contribution in [0.3, 0.4) is 0 Å². The molecule has 0 spiro atoms. The summed E-state index contributed by atoms with van der Waals surface area (Å²) in [7, 11) is 0. The highest BCUT2D eigenvalue weighted by Gasteiger charge is 2.32. The molecule has 1 fully saturated rings. The lowest BCUT2D eigenvalue weighted by molar-refractivity contribution is -0.274. The maximum absolute atomic E-state index is 12.5. The van der Waals surface area contributed by atoms with E-state index in [2.05, 4.69) is 19.7 Å². The van der Waals surface area contributed by atoms with E-state index in [4.69, 9.17) is 0 Å². The molecule has 0 saturated heterocycles. The lowest BCUT2D eigenvalue weighted by Crippen LogP contribution is -2.17. The number of rotatable bonds is 5. The predicted octanol–water partition coefficient (Wildman–Crippen LogP) is 4.96. The first-order valence-corrected chi connectivity index (χ1v) is 9.47. The molecule has 9 heteroatoms. The van der Waals surface area contributed by atoms with Gasteiger partial charge in [-0.1, -0.05) is 23.9 Å². The van der Waals surface area contributed by atoms with Crippen LogP contribution < -0.4 is 4.74 Å². The molecule has 0 aliphatic heterocycles. The standard InChI is InChI=1S/C18H15F3N4OS/c1-27-17-22-8-12(9-23-17)15-10-25(13-5-6-13)16(24-15)11-3-2-4-14(7-11)26-18(19,20)21/h2-4,7-10,13H,5-6H2,1H3. The second-order valence-electron chi connectivity index (χ2n) is 6.12. The Morgan fingerprint density at radius 3 is 2.52 bits per heavy atom. The van der Waals surface area contributed by atoms with Gasteiger partial charge in [0, 0.05) is 35.8 Å². The molecule has 5 nitrogen and oxygen atoms in total. The number of imidazole rings is 1. The van der Waals surface area contributed by atoms with Crippen LogP contribution in [0.1, 0.15) is 18.9 Å². The molecule has 0 unspecified atom stereocenters. The third kappa shape index (κ3) is 4.08. The van der Waals surface area contributed by atoms with Crippen LogP contribution in [0.5, 0.6) is 5.75 Å². The quantitative estimate of drug-likeness (QED) is 0.454. The van der Waals surface area contributed by atoms with Crippen molar-refractivity contribution in [1.29, 1.82) is 0 Å². The molecule has 27 heavy (non-hydrogen) atoms. The fourth-order valence-corrected chi connectivity index (χ4v) is 3.08. The van der Waals surface area contributed by atoms with Crippen LogP contribution in [0.25, 0.3) is 22.6 Å². The Morgan fingerprint density at radius 2 is 1.89 bits per heavy atom. The van der Waals surface area contributed by atoms with E-state index in [1.807, 2.05) is 17.0 Å². The van der Waals surface area contributed by atoms with Crippen LogP contribution in [0.15, 0.2) is 48.0 Å². The smallest absolute Gasteiger partial charge is 0.406 e. The number of thioether (sulfide) groups is 1. The van der Waals surface area contributed by atoms with E-state index < -0.39 is 6.36 Å². The number of halogens is 3. The van der Waals surface area contributed by atoms with Gasteiger partial charge in [-0.3, -0.25) is 0 Å². The lowest BCUT2D eigenvalue weighted by atomic mass is 10.2. The molecule has 2 heterocycles. The maximum atomic E-state index is 12.5. The Hall–Kier alpha value is -2.55. The molecular weight excluding hydrogens is 377 g/mol. The predicted molar refractivity (Wildman–Crippen MR) is 95.4 cm³/mol. The second kappa shape index (κ2) is 6.88.